The van der Waals surface area contributed by atoms with Gasteiger partial charge in [-0.15, -0.1) is 0 Å². The summed E-state index contributed by atoms with van der Waals surface area (Å²) in [5, 5.41) is 0. The van der Waals surface area contributed by atoms with Crippen LogP contribution in [-0.2, 0) is 13.6 Å². The van der Waals surface area contributed by atoms with Crippen molar-refractivity contribution in [3.05, 3.63) is 70.8 Å². The summed E-state index contributed by atoms with van der Waals surface area (Å²) in [6.07, 6.45) is -0.194. The molecular weight excluding hydrogens is 307 g/mol. The van der Waals surface area contributed by atoms with Crippen molar-refractivity contribution < 1.29 is 13.6 Å². The molecule has 4 heteroatoms. The van der Waals surface area contributed by atoms with E-state index in [9.17, 15) is 0 Å². The standard InChI is InChI=1S/C19H25O3P/c1-5-20-23(21-6-2)22-19(17-11-7-15(3)8-12-17)18-13-9-16(4)10-14-18/h7-14,19H,5-6H2,1-4H3. The molecule has 2 aromatic rings. The van der Waals surface area contributed by atoms with Crippen LogP contribution in [-0.4, -0.2) is 13.2 Å². The monoisotopic (exact) mass is 332 g/mol. The van der Waals surface area contributed by atoms with E-state index in [4.69, 9.17) is 13.6 Å². The Balaban J connectivity index is 2.30. The van der Waals surface area contributed by atoms with Gasteiger partial charge in [-0.1, -0.05) is 59.7 Å². The van der Waals surface area contributed by atoms with E-state index in [2.05, 4.69) is 62.4 Å². The Kier molecular flexibility index (Phi) is 7.19. The van der Waals surface area contributed by atoms with Crippen LogP contribution < -0.4 is 0 Å². The fourth-order valence-electron chi connectivity index (χ4n) is 2.19. The molecule has 0 fully saturated rings. The Bertz CT molecular complexity index is 529. The van der Waals surface area contributed by atoms with E-state index < -0.39 is 8.60 Å². The van der Waals surface area contributed by atoms with E-state index in [1.807, 2.05) is 13.8 Å². The lowest BCUT2D eigenvalue weighted by Crippen LogP contribution is -2.06. The minimum absolute atomic E-state index is 0.194. The Morgan fingerprint density at radius 3 is 1.48 bits per heavy atom. The number of rotatable bonds is 8. The van der Waals surface area contributed by atoms with E-state index >= 15 is 0 Å². The van der Waals surface area contributed by atoms with Gasteiger partial charge >= 0.3 is 8.60 Å². The molecule has 0 amide bonds. The van der Waals surface area contributed by atoms with Crippen LogP contribution in [0.4, 0.5) is 0 Å². The van der Waals surface area contributed by atoms with Gasteiger partial charge in [0.25, 0.3) is 0 Å². The van der Waals surface area contributed by atoms with E-state index in [0.717, 1.165) is 11.1 Å². The first-order valence-electron chi connectivity index (χ1n) is 8.00. The van der Waals surface area contributed by atoms with Crippen LogP contribution >= 0.6 is 8.60 Å². The molecule has 0 saturated carbocycles. The topological polar surface area (TPSA) is 27.7 Å². The number of hydrogen-bond donors (Lipinski definition) is 0. The molecular formula is C19H25O3P. The predicted octanol–water partition coefficient (Wildman–Crippen LogP) is 5.71. The molecule has 3 nitrogen and oxygen atoms in total. The first-order chi connectivity index (χ1) is 11.1. The van der Waals surface area contributed by atoms with Crippen molar-refractivity contribution in [2.75, 3.05) is 13.2 Å². The third kappa shape index (κ3) is 5.40. The summed E-state index contributed by atoms with van der Waals surface area (Å²) >= 11 is 0. The van der Waals surface area contributed by atoms with Gasteiger partial charge in [0.2, 0.25) is 0 Å². The summed E-state index contributed by atoms with van der Waals surface area (Å²) < 4.78 is 17.5. The lowest BCUT2D eigenvalue weighted by atomic mass is 10.00. The molecule has 0 spiro atoms. The largest absolute Gasteiger partial charge is 0.333 e. The second-order valence-electron chi connectivity index (χ2n) is 5.37. The van der Waals surface area contributed by atoms with Gasteiger partial charge in [-0.25, -0.2) is 0 Å². The van der Waals surface area contributed by atoms with Crippen LogP contribution in [0.2, 0.25) is 0 Å². The molecule has 0 aliphatic carbocycles. The van der Waals surface area contributed by atoms with E-state index in [1.165, 1.54) is 11.1 Å². The van der Waals surface area contributed by atoms with Crippen molar-refractivity contribution in [1.82, 2.24) is 0 Å². The van der Waals surface area contributed by atoms with Gasteiger partial charge in [0.1, 0.15) is 6.10 Å². The van der Waals surface area contributed by atoms with Crippen molar-refractivity contribution >= 4 is 8.60 Å². The smallest absolute Gasteiger partial charge is 0.313 e. The van der Waals surface area contributed by atoms with E-state index in [-0.39, 0.29) is 6.10 Å². The van der Waals surface area contributed by atoms with Crippen LogP contribution in [0.3, 0.4) is 0 Å². The summed E-state index contributed by atoms with van der Waals surface area (Å²) in [5.74, 6) is 0. The van der Waals surface area contributed by atoms with E-state index in [1.54, 1.807) is 0 Å². The lowest BCUT2D eigenvalue weighted by Gasteiger charge is -2.23. The quantitative estimate of drug-likeness (QED) is 0.580. The van der Waals surface area contributed by atoms with Crippen LogP contribution in [0.5, 0.6) is 0 Å². The Morgan fingerprint density at radius 2 is 1.13 bits per heavy atom. The zero-order chi connectivity index (χ0) is 16.7. The molecule has 2 aromatic carbocycles. The Hall–Kier alpha value is -1.25. The minimum atomic E-state index is -1.36. The van der Waals surface area contributed by atoms with Crippen LogP contribution in [0.15, 0.2) is 48.5 Å². The fraction of sp³-hybridized carbons (Fsp3) is 0.368. The van der Waals surface area contributed by atoms with Gasteiger partial charge in [0.15, 0.2) is 0 Å². The van der Waals surface area contributed by atoms with Gasteiger partial charge in [-0.05, 0) is 38.8 Å². The van der Waals surface area contributed by atoms with Gasteiger partial charge in [-0.3, -0.25) is 4.52 Å². The normalized spacial score (nSPS) is 11.4. The third-order valence-corrected chi connectivity index (χ3v) is 4.74. The summed E-state index contributed by atoms with van der Waals surface area (Å²) in [6.45, 7) is 9.20. The summed E-state index contributed by atoms with van der Waals surface area (Å²) in [5.41, 5.74) is 4.67. The highest BCUT2D eigenvalue weighted by Crippen LogP contribution is 2.46. The molecule has 0 radical (unpaired) electrons. The second kappa shape index (κ2) is 9.14. The maximum absolute atomic E-state index is 6.20. The molecule has 0 aromatic heterocycles. The number of benzene rings is 2. The molecule has 0 saturated heterocycles. The maximum atomic E-state index is 6.20. The van der Waals surface area contributed by atoms with Crippen LogP contribution in [0, 0.1) is 13.8 Å². The highest BCUT2D eigenvalue weighted by Gasteiger charge is 2.22. The first-order valence-corrected chi connectivity index (χ1v) is 9.09. The fourth-order valence-corrected chi connectivity index (χ4v) is 3.23. The molecule has 2 rings (SSSR count). The molecule has 0 bridgehead atoms. The average molecular weight is 332 g/mol. The molecule has 0 atom stereocenters. The van der Waals surface area contributed by atoms with Crippen molar-refractivity contribution in [1.29, 1.82) is 0 Å². The van der Waals surface area contributed by atoms with Gasteiger partial charge in [0, 0.05) is 0 Å². The van der Waals surface area contributed by atoms with Crippen molar-refractivity contribution in [2.24, 2.45) is 0 Å². The van der Waals surface area contributed by atoms with Gasteiger partial charge in [0.05, 0.1) is 13.2 Å². The number of hydrogen-bond acceptors (Lipinski definition) is 3. The first kappa shape index (κ1) is 18.1. The predicted molar refractivity (Wildman–Crippen MR) is 95.5 cm³/mol. The summed E-state index contributed by atoms with van der Waals surface area (Å²) in [7, 11) is -1.36. The highest BCUT2D eigenvalue weighted by atomic mass is 31.2. The zero-order valence-corrected chi connectivity index (χ0v) is 15.2. The molecule has 0 aliphatic rings. The van der Waals surface area contributed by atoms with Crippen molar-refractivity contribution in [3.63, 3.8) is 0 Å². The number of aryl methyl sites for hydroxylation is 2. The zero-order valence-electron chi connectivity index (χ0n) is 14.3. The molecule has 124 valence electrons. The van der Waals surface area contributed by atoms with Crippen molar-refractivity contribution in [3.8, 4) is 0 Å². The minimum Gasteiger partial charge on any atom is -0.313 e. The Morgan fingerprint density at radius 1 is 0.739 bits per heavy atom. The van der Waals surface area contributed by atoms with Crippen LogP contribution in [0.25, 0.3) is 0 Å². The van der Waals surface area contributed by atoms with Crippen molar-refractivity contribution in [2.45, 2.75) is 33.8 Å². The average Bonchev–Trinajstić information content (AvgIpc) is 2.55. The van der Waals surface area contributed by atoms with E-state index in [0.29, 0.717) is 13.2 Å². The Labute approximate surface area is 140 Å². The van der Waals surface area contributed by atoms with Crippen LogP contribution in [0.1, 0.15) is 42.2 Å². The summed E-state index contributed by atoms with van der Waals surface area (Å²) in [6, 6.07) is 16.8. The molecule has 0 N–H and O–H groups in total. The molecule has 0 aliphatic heterocycles. The molecule has 0 heterocycles. The van der Waals surface area contributed by atoms with Gasteiger partial charge in [-0.2, -0.15) is 0 Å². The summed E-state index contributed by atoms with van der Waals surface area (Å²) in [4.78, 5) is 0. The SMILES string of the molecule is CCOP(OCC)OC(c1ccc(C)cc1)c1ccc(C)cc1. The second-order valence-corrected chi connectivity index (χ2v) is 6.54. The highest BCUT2D eigenvalue weighted by molar-refractivity contribution is 7.41. The molecule has 23 heavy (non-hydrogen) atoms. The lowest BCUT2D eigenvalue weighted by molar-refractivity contribution is 0.142. The maximum Gasteiger partial charge on any atom is 0.333 e. The third-order valence-electron chi connectivity index (χ3n) is 3.42. The molecule has 0 unspecified atom stereocenters. The van der Waals surface area contributed by atoms with Gasteiger partial charge < -0.3 is 9.05 Å².